The van der Waals surface area contributed by atoms with Gasteiger partial charge in [-0.25, -0.2) is 4.98 Å². The van der Waals surface area contributed by atoms with Crippen LogP contribution in [0.25, 0.3) is 11.4 Å². The molecule has 0 radical (unpaired) electrons. The molecule has 1 atom stereocenters. The van der Waals surface area contributed by atoms with Crippen molar-refractivity contribution in [2.45, 2.75) is 57.1 Å². The molecule has 0 bridgehead atoms. The topological polar surface area (TPSA) is 94.1 Å². The van der Waals surface area contributed by atoms with Gasteiger partial charge in [0, 0.05) is 25.2 Å². The van der Waals surface area contributed by atoms with Gasteiger partial charge in [0.15, 0.2) is 11.4 Å². The summed E-state index contributed by atoms with van der Waals surface area (Å²) in [7, 11) is 0. The van der Waals surface area contributed by atoms with Gasteiger partial charge in [-0.05, 0) is 31.6 Å². The van der Waals surface area contributed by atoms with Crippen molar-refractivity contribution < 1.29 is 9.90 Å². The molecular formula is C22H31N5O2. The fourth-order valence-electron chi connectivity index (χ4n) is 4.56. The van der Waals surface area contributed by atoms with Crippen molar-refractivity contribution in [2.24, 2.45) is 5.92 Å². The number of benzene rings is 1. The number of piperidine rings is 1. The smallest absolute Gasteiger partial charge is 0.255 e. The first kappa shape index (κ1) is 20.0. The molecule has 0 spiro atoms. The number of nitrogens with zero attached hydrogens (tertiary/aromatic N) is 3. The van der Waals surface area contributed by atoms with Crippen LogP contribution in [-0.4, -0.2) is 56.3 Å². The molecule has 2 fully saturated rings. The third kappa shape index (κ3) is 4.85. The maximum atomic E-state index is 13.0. The number of aromatic nitrogens is 3. The Morgan fingerprint density at radius 2 is 1.97 bits per heavy atom. The van der Waals surface area contributed by atoms with Gasteiger partial charge < -0.3 is 15.3 Å². The molecule has 2 aliphatic rings. The van der Waals surface area contributed by atoms with Crippen molar-refractivity contribution in [1.82, 2.24) is 25.4 Å². The number of likely N-dealkylation sites (tertiary alicyclic amines) is 1. The average Bonchev–Trinajstić information content (AvgIpc) is 3.22. The first-order chi connectivity index (χ1) is 14.1. The maximum Gasteiger partial charge on any atom is 0.255 e. The molecule has 1 aromatic heterocycles. The second-order valence-corrected chi connectivity index (χ2v) is 8.47. The monoisotopic (exact) mass is 397 g/mol. The Bertz CT molecular complexity index is 803. The summed E-state index contributed by atoms with van der Waals surface area (Å²) in [5.41, 5.74) is -0.371. The highest BCUT2D eigenvalue weighted by molar-refractivity contribution is 5.86. The molecule has 2 heterocycles. The third-order valence-corrected chi connectivity index (χ3v) is 6.18. The highest BCUT2D eigenvalue weighted by Gasteiger charge is 2.42. The Morgan fingerprint density at radius 1 is 1.17 bits per heavy atom. The van der Waals surface area contributed by atoms with E-state index in [9.17, 15) is 9.90 Å². The summed E-state index contributed by atoms with van der Waals surface area (Å²) in [6, 6.07) is 9.78. The van der Waals surface area contributed by atoms with Gasteiger partial charge in [0.05, 0.1) is 6.54 Å². The quantitative estimate of drug-likeness (QED) is 0.667. The molecule has 4 rings (SSSR count). The lowest BCUT2D eigenvalue weighted by molar-refractivity contribution is -0.157. The normalized spacial score (nSPS) is 23.5. The minimum absolute atomic E-state index is 0.121. The Morgan fingerprint density at radius 3 is 2.76 bits per heavy atom. The number of nitrogens with one attached hydrogen (secondary N) is 2. The van der Waals surface area contributed by atoms with Crippen molar-refractivity contribution in [1.29, 1.82) is 0 Å². The van der Waals surface area contributed by atoms with Gasteiger partial charge in [-0.15, -0.1) is 0 Å². The first-order valence-electron chi connectivity index (χ1n) is 10.8. The number of aromatic amines is 1. The molecule has 7 nitrogen and oxygen atoms in total. The van der Waals surface area contributed by atoms with Crippen molar-refractivity contribution >= 4 is 5.91 Å². The van der Waals surface area contributed by atoms with Crippen LogP contribution in [0, 0.1) is 5.92 Å². The summed E-state index contributed by atoms with van der Waals surface area (Å²) in [6.45, 7) is 2.22. The molecule has 1 aliphatic carbocycles. The van der Waals surface area contributed by atoms with Crippen LogP contribution in [0.1, 0.15) is 50.8 Å². The number of H-pyrrole nitrogens is 1. The van der Waals surface area contributed by atoms with E-state index in [-0.39, 0.29) is 12.5 Å². The van der Waals surface area contributed by atoms with E-state index in [0.29, 0.717) is 30.5 Å². The number of carbonyl (C=O) groups excluding carboxylic acids is 1. The largest absolute Gasteiger partial charge is 0.379 e. The van der Waals surface area contributed by atoms with E-state index in [0.717, 1.165) is 25.1 Å². The van der Waals surface area contributed by atoms with Gasteiger partial charge in [-0.1, -0.05) is 49.6 Å². The number of hydrogen-bond acceptors (Lipinski definition) is 5. The van der Waals surface area contributed by atoms with Crippen molar-refractivity contribution in [3.05, 3.63) is 36.2 Å². The van der Waals surface area contributed by atoms with Gasteiger partial charge in [0.1, 0.15) is 5.82 Å². The predicted molar refractivity (Wildman–Crippen MR) is 111 cm³/mol. The van der Waals surface area contributed by atoms with E-state index in [1.807, 2.05) is 35.2 Å². The maximum absolute atomic E-state index is 13.0. The molecule has 1 saturated heterocycles. The Kier molecular flexibility index (Phi) is 6.25. The lowest BCUT2D eigenvalue weighted by atomic mass is 9.86. The van der Waals surface area contributed by atoms with Gasteiger partial charge >= 0.3 is 0 Å². The predicted octanol–water partition coefficient (Wildman–Crippen LogP) is 2.50. The van der Waals surface area contributed by atoms with Crippen LogP contribution in [0.15, 0.2) is 30.3 Å². The van der Waals surface area contributed by atoms with Gasteiger partial charge in [-0.3, -0.25) is 9.89 Å². The molecule has 2 aromatic rings. The summed E-state index contributed by atoms with van der Waals surface area (Å²) in [6.07, 6.45) is 7.60. The van der Waals surface area contributed by atoms with Crippen LogP contribution in [0.3, 0.4) is 0 Å². The van der Waals surface area contributed by atoms with E-state index in [4.69, 9.17) is 0 Å². The molecule has 1 aliphatic heterocycles. The molecule has 7 heteroatoms. The van der Waals surface area contributed by atoms with E-state index >= 15 is 0 Å². The summed E-state index contributed by atoms with van der Waals surface area (Å²) in [5.74, 6) is 1.81. The number of rotatable bonds is 7. The number of hydrogen-bond donors (Lipinski definition) is 3. The lowest BCUT2D eigenvalue weighted by Crippen LogP contribution is -2.58. The lowest BCUT2D eigenvalue weighted by Gasteiger charge is -2.40. The zero-order valence-electron chi connectivity index (χ0n) is 16.9. The van der Waals surface area contributed by atoms with Crippen LogP contribution < -0.4 is 5.32 Å². The minimum atomic E-state index is -1.32. The Balaban J connectivity index is 1.30. The van der Waals surface area contributed by atoms with Gasteiger partial charge in [0.2, 0.25) is 0 Å². The third-order valence-electron chi connectivity index (χ3n) is 6.18. The number of carbonyl (C=O) groups is 1. The molecule has 0 unspecified atom stereocenters. The van der Waals surface area contributed by atoms with Gasteiger partial charge in [-0.2, -0.15) is 5.10 Å². The Hall–Kier alpha value is -2.25. The summed E-state index contributed by atoms with van der Waals surface area (Å²) < 4.78 is 0. The summed E-state index contributed by atoms with van der Waals surface area (Å²) in [4.78, 5) is 19.3. The summed E-state index contributed by atoms with van der Waals surface area (Å²) >= 11 is 0. The van der Waals surface area contributed by atoms with E-state index in [1.54, 1.807) is 0 Å². The highest BCUT2D eigenvalue weighted by atomic mass is 16.3. The van der Waals surface area contributed by atoms with Crippen molar-refractivity contribution in [3.8, 4) is 11.4 Å². The van der Waals surface area contributed by atoms with Crippen LogP contribution in [-0.2, 0) is 11.3 Å². The van der Waals surface area contributed by atoms with Gasteiger partial charge in [0.25, 0.3) is 5.91 Å². The van der Waals surface area contributed by atoms with Crippen molar-refractivity contribution in [3.63, 3.8) is 0 Å². The SMILES string of the molecule is O=C1N(CC2CCCCC2)CCC[C@]1(O)CNCc1nc(-c2ccccc2)n[nH]1. The molecule has 29 heavy (non-hydrogen) atoms. The first-order valence-corrected chi connectivity index (χ1v) is 10.8. The molecule has 1 amide bonds. The minimum Gasteiger partial charge on any atom is -0.379 e. The molecule has 3 N–H and O–H groups in total. The van der Waals surface area contributed by atoms with Crippen LogP contribution in [0.4, 0.5) is 0 Å². The zero-order chi connectivity index (χ0) is 20.1. The zero-order valence-corrected chi connectivity index (χ0v) is 16.9. The number of aliphatic hydroxyl groups is 1. The van der Waals surface area contributed by atoms with Crippen LogP contribution in [0.2, 0.25) is 0 Å². The second-order valence-electron chi connectivity index (χ2n) is 8.47. The van der Waals surface area contributed by atoms with E-state index in [2.05, 4.69) is 20.5 Å². The molecule has 1 saturated carbocycles. The molecular weight excluding hydrogens is 366 g/mol. The second kappa shape index (κ2) is 9.05. The highest BCUT2D eigenvalue weighted by Crippen LogP contribution is 2.28. The summed E-state index contributed by atoms with van der Waals surface area (Å²) in [5, 5.41) is 21.4. The fraction of sp³-hybridized carbons (Fsp3) is 0.591. The average molecular weight is 398 g/mol. The van der Waals surface area contributed by atoms with Crippen LogP contribution >= 0.6 is 0 Å². The molecule has 1 aromatic carbocycles. The Labute approximate surface area is 171 Å². The standard InChI is InChI=1S/C22H31N5O2/c28-21-22(29,12-7-13-27(21)15-17-8-3-1-4-9-17)16-23-14-19-24-20(26-25-19)18-10-5-2-6-11-18/h2,5-6,10-11,17,23,29H,1,3-4,7-9,12-16H2,(H,24,25,26)/t22-/m0/s1. The van der Waals surface area contributed by atoms with Crippen molar-refractivity contribution in [2.75, 3.05) is 19.6 Å². The molecule has 156 valence electrons. The van der Waals surface area contributed by atoms with E-state index < -0.39 is 5.60 Å². The number of amides is 1. The van der Waals surface area contributed by atoms with Crippen LogP contribution in [0.5, 0.6) is 0 Å². The van der Waals surface area contributed by atoms with E-state index in [1.165, 1.54) is 32.1 Å². The fourth-order valence-corrected chi connectivity index (χ4v) is 4.56.